The molecule has 0 amide bonds. The predicted molar refractivity (Wildman–Crippen MR) is 132 cm³/mol. The Kier molecular flexibility index (Phi) is 7.76. The monoisotopic (exact) mass is 489 g/mol. The first-order valence-corrected chi connectivity index (χ1v) is 11.1. The number of hydrogen-bond acceptors (Lipinski definition) is 7. The molecule has 1 aliphatic carbocycles. The van der Waals surface area contributed by atoms with Crippen molar-refractivity contribution in [2.75, 3.05) is 13.7 Å². The summed E-state index contributed by atoms with van der Waals surface area (Å²) < 4.78 is 15.0. The number of carbonyl (C=O) groups excluding carboxylic acids is 3. The van der Waals surface area contributed by atoms with Gasteiger partial charge in [-0.05, 0) is 35.7 Å². The Morgan fingerprint density at radius 2 is 1.49 bits per heavy atom. The van der Waals surface area contributed by atoms with E-state index in [1.54, 1.807) is 67.8 Å². The second-order valence-electron chi connectivity index (χ2n) is 7.80. The number of hydrogen-bond donors (Lipinski definition) is 0. The second-order valence-corrected chi connectivity index (χ2v) is 7.80. The summed E-state index contributed by atoms with van der Waals surface area (Å²) in [4.78, 5) is 37.8. The number of fused-ring (bicyclic) bond motifs is 2. The fourth-order valence-corrected chi connectivity index (χ4v) is 3.64. The molecule has 0 saturated carbocycles. The van der Waals surface area contributed by atoms with Gasteiger partial charge in [-0.3, -0.25) is 9.59 Å². The van der Waals surface area contributed by atoms with Crippen LogP contribution in [-0.4, -0.2) is 37.5 Å². The quantitative estimate of drug-likeness (QED) is 0.315. The van der Waals surface area contributed by atoms with E-state index in [0.717, 1.165) is 0 Å². The first-order chi connectivity index (χ1) is 18.0. The van der Waals surface area contributed by atoms with Crippen LogP contribution in [0.15, 0.2) is 66.7 Å². The Morgan fingerprint density at radius 3 is 2.16 bits per heavy atom. The van der Waals surface area contributed by atoms with Crippen LogP contribution in [0.2, 0.25) is 0 Å². The standard InChI is InChI=1S/C30H19NO6/c1-35-16-6-9-21-7-2-3-8-22(21)13-14-23(18-31)37-30(34)36-19-20-12-15-26-27(17-20)29(33)25-11-5-4-10-24(25)28(26)32/h2-5,7-8,10-12,15,17,23H,16,19H2,1H3. The molecule has 0 bridgehead atoms. The number of ether oxygens (including phenoxy) is 3. The zero-order valence-electron chi connectivity index (χ0n) is 19.7. The Morgan fingerprint density at radius 1 is 0.865 bits per heavy atom. The first kappa shape index (κ1) is 24.9. The van der Waals surface area contributed by atoms with Crippen LogP contribution in [0.3, 0.4) is 0 Å². The normalized spacial score (nSPS) is 11.9. The van der Waals surface area contributed by atoms with Gasteiger partial charge in [-0.25, -0.2) is 4.79 Å². The minimum absolute atomic E-state index is 0.223. The average Bonchev–Trinajstić information content (AvgIpc) is 2.93. The summed E-state index contributed by atoms with van der Waals surface area (Å²) in [6.07, 6.45) is -2.47. The molecule has 3 aromatic rings. The maximum absolute atomic E-state index is 12.9. The molecule has 1 unspecified atom stereocenters. The van der Waals surface area contributed by atoms with Crippen molar-refractivity contribution in [3.63, 3.8) is 0 Å². The van der Waals surface area contributed by atoms with E-state index in [2.05, 4.69) is 23.7 Å². The number of benzene rings is 3. The molecule has 0 heterocycles. The molecule has 0 radical (unpaired) electrons. The van der Waals surface area contributed by atoms with Crippen LogP contribution in [-0.2, 0) is 20.8 Å². The Hall–Kier alpha value is -5.16. The van der Waals surface area contributed by atoms with Crippen molar-refractivity contribution >= 4 is 17.7 Å². The van der Waals surface area contributed by atoms with E-state index in [9.17, 15) is 19.6 Å². The highest BCUT2D eigenvalue weighted by atomic mass is 16.7. The molecule has 0 spiro atoms. The number of nitriles is 1. The summed E-state index contributed by atoms with van der Waals surface area (Å²) in [5, 5.41) is 9.35. The topological polar surface area (TPSA) is 103 Å². The molecule has 7 nitrogen and oxygen atoms in total. The molecule has 0 aromatic heterocycles. The van der Waals surface area contributed by atoms with Gasteiger partial charge in [-0.2, -0.15) is 5.26 Å². The molecule has 3 aromatic carbocycles. The Balaban J connectivity index is 1.41. The van der Waals surface area contributed by atoms with Gasteiger partial charge >= 0.3 is 6.16 Å². The van der Waals surface area contributed by atoms with Crippen LogP contribution in [0, 0.1) is 35.0 Å². The maximum atomic E-state index is 12.9. The molecule has 1 atom stereocenters. The summed E-state index contributed by atoms with van der Waals surface area (Å²) in [5.41, 5.74) is 2.93. The van der Waals surface area contributed by atoms with E-state index in [0.29, 0.717) is 33.4 Å². The highest BCUT2D eigenvalue weighted by molar-refractivity contribution is 6.28. The average molecular weight is 489 g/mol. The smallest absolute Gasteiger partial charge is 0.429 e. The number of methoxy groups -OCH3 is 1. The fraction of sp³-hybridized carbons (Fsp3) is 0.133. The van der Waals surface area contributed by atoms with E-state index in [-0.39, 0.29) is 30.3 Å². The molecule has 37 heavy (non-hydrogen) atoms. The third kappa shape index (κ3) is 5.74. The predicted octanol–water partition coefficient (Wildman–Crippen LogP) is 4.06. The van der Waals surface area contributed by atoms with Crippen molar-refractivity contribution < 1.29 is 28.6 Å². The van der Waals surface area contributed by atoms with Crippen LogP contribution >= 0.6 is 0 Å². The molecule has 4 rings (SSSR count). The number of nitrogens with zero attached hydrogens (tertiary/aromatic N) is 1. The lowest BCUT2D eigenvalue weighted by Crippen LogP contribution is -2.21. The van der Waals surface area contributed by atoms with E-state index >= 15 is 0 Å². The lowest BCUT2D eigenvalue weighted by atomic mass is 9.83. The Labute approximate surface area is 213 Å². The SMILES string of the molecule is COCC#Cc1ccccc1C#CC(C#N)OC(=O)OCc1ccc2c(c1)C(=O)c1ccccc1C2=O. The first-order valence-electron chi connectivity index (χ1n) is 11.1. The highest BCUT2D eigenvalue weighted by Crippen LogP contribution is 2.28. The van der Waals surface area contributed by atoms with E-state index in [1.807, 2.05) is 0 Å². The summed E-state index contributed by atoms with van der Waals surface area (Å²) in [6, 6.07) is 20.2. The van der Waals surface area contributed by atoms with Crippen LogP contribution < -0.4 is 0 Å². The third-order valence-electron chi connectivity index (χ3n) is 5.38. The van der Waals surface area contributed by atoms with Crippen molar-refractivity contribution in [3.8, 4) is 29.8 Å². The molecular weight excluding hydrogens is 470 g/mol. The maximum Gasteiger partial charge on any atom is 0.510 e. The van der Waals surface area contributed by atoms with Gasteiger partial charge in [0.05, 0.1) is 0 Å². The van der Waals surface area contributed by atoms with E-state index < -0.39 is 12.3 Å². The van der Waals surface area contributed by atoms with E-state index in [1.165, 1.54) is 12.1 Å². The molecule has 0 N–H and O–H groups in total. The fourth-order valence-electron chi connectivity index (χ4n) is 3.64. The molecule has 0 saturated heterocycles. The van der Waals surface area contributed by atoms with Crippen LogP contribution in [0.1, 0.15) is 48.5 Å². The zero-order chi connectivity index (χ0) is 26.2. The van der Waals surface area contributed by atoms with Gasteiger partial charge < -0.3 is 14.2 Å². The molecule has 180 valence electrons. The number of rotatable bonds is 4. The molecule has 1 aliphatic rings. The summed E-state index contributed by atoms with van der Waals surface area (Å²) in [5.74, 6) is 10.6. The van der Waals surface area contributed by atoms with Crippen molar-refractivity contribution in [2.45, 2.75) is 12.7 Å². The van der Waals surface area contributed by atoms with Crippen LogP contribution in [0.4, 0.5) is 4.79 Å². The van der Waals surface area contributed by atoms with Crippen molar-refractivity contribution in [3.05, 3.63) is 106 Å². The van der Waals surface area contributed by atoms with Gasteiger partial charge in [0, 0.05) is 40.5 Å². The third-order valence-corrected chi connectivity index (χ3v) is 5.38. The zero-order valence-corrected chi connectivity index (χ0v) is 19.7. The summed E-state index contributed by atoms with van der Waals surface area (Å²) in [7, 11) is 1.54. The van der Waals surface area contributed by atoms with Gasteiger partial charge in [0.2, 0.25) is 0 Å². The van der Waals surface area contributed by atoms with Crippen molar-refractivity contribution in [1.82, 2.24) is 0 Å². The van der Waals surface area contributed by atoms with E-state index in [4.69, 9.17) is 14.2 Å². The molecule has 7 heteroatoms. The van der Waals surface area contributed by atoms with Gasteiger partial charge in [-0.1, -0.05) is 60.2 Å². The largest absolute Gasteiger partial charge is 0.510 e. The van der Waals surface area contributed by atoms with Gasteiger partial charge in [0.15, 0.2) is 11.6 Å². The minimum Gasteiger partial charge on any atom is -0.429 e. The van der Waals surface area contributed by atoms with Gasteiger partial charge in [-0.15, -0.1) is 0 Å². The second kappa shape index (κ2) is 11.5. The minimum atomic E-state index is -1.37. The van der Waals surface area contributed by atoms with Crippen LogP contribution in [0.5, 0.6) is 0 Å². The van der Waals surface area contributed by atoms with Gasteiger partial charge in [0.25, 0.3) is 6.10 Å². The van der Waals surface area contributed by atoms with Crippen LogP contribution in [0.25, 0.3) is 0 Å². The summed E-state index contributed by atoms with van der Waals surface area (Å²) in [6.45, 7) is 0.0399. The molecule has 0 fully saturated rings. The lowest BCUT2D eigenvalue weighted by molar-refractivity contribution is 0.0464. The summed E-state index contributed by atoms with van der Waals surface area (Å²) >= 11 is 0. The lowest BCUT2D eigenvalue weighted by Gasteiger charge is -2.18. The molecular formula is C30H19NO6. The van der Waals surface area contributed by atoms with Crippen molar-refractivity contribution in [2.24, 2.45) is 0 Å². The number of carbonyl (C=O) groups is 3. The molecule has 0 aliphatic heterocycles. The highest BCUT2D eigenvalue weighted by Gasteiger charge is 2.29. The van der Waals surface area contributed by atoms with Crippen molar-refractivity contribution in [1.29, 1.82) is 5.26 Å². The number of ketones is 2. The Bertz CT molecular complexity index is 1560. The van der Waals surface area contributed by atoms with Gasteiger partial charge in [0.1, 0.15) is 19.3 Å².